The second-order valence-electron chi connectivity index (χ2n) is 7.15. The van der Waals surface area contributed by atoms with Crippen LogP contribution in [-0.2, 0) is 5.41 Å². The zero-order valence-electron chi connectivity index (χ0n) is 13.9. The monoisotopic (exact) mass is 273 g/mol. The van der Waals surface area contributed by atoms with E-state index in [2.05, 4.69) is 64.3 Å². The van der Waals surface area contributed by atoms with Crippen LogP contribution < -0.4 is 5.32 Å². The van der Waals surface area contributed by atoms with Crippen molar-refractivity contribution in [3.05, 3.63) is 35.4 Å². The summed E-state index contributed by atoms with van der Waals surface area (Å²) < 4.78 is 0. The van der Waals surface area contributed by atoms with E-state index in [0.717, 1.165) is 6.54 Å². The summed E-state index contributed by atoms with van der Waals surface area (Å²) in [5, 5.41) is 3.43. The average Bonchev–Trinajstić information content (AvgIpc) is 2.43. The summed E-state index contributed by atoms with van der Waals surface area (Å²) in [6.45, 7) is 10.3. The SMILES string of the molecule is CCC1(CC)CC(CNC)(c2ccc(C(C)C)cc2)C1. The Morgan fingerprint density at radius 2 is 1.60 bits per heavy atom. The quantitative estimate of drug-likeness (QED) is 0.780. The highest BCUT2D eigenvalue weighted by Gasteiger charge is 2.52. The van der Waals surface area contributed by atoms with Gasteiger partial charge in [0.05, 0.1) is 0 Å². The van der Waals surface area contributed by atoms with Crippen molar-refractivity contribution in [1.82, 2.24) is 5.32 Å². The molecule has 20 heavy (non-hydrogen) atoms. The molecule has 1 aromatic rings. The van der Waals surface area contributed by atoms with Gasteiger partial charge < -0.3 is 5.32 Å². The Bertz CT molecular complexity index is 418. The third-order valence-corrected chi connectivity index (χ3v) is 5.63. The summed E-state index contributed by atoms with van der Waals surface area (Å²) in [6, 6.07) is 9.41. The number of rotatable bonds is 6. The van der Waals surface area contributed by atoms with Crippen LogP contribution in [0.4, 0.5) is 0 Å². The molecule has 1 fully saturated rings. The van der Waals surface area contributed by atoms with Crippen molar-refractivity contribution >= 4 is 0 Å². The number of nitrogens with one attached hydrogen (secondary N) is 1. The van der Waals surface area contributed by atoms with E-state index < -0.39 is 0 Å². The molecule has 1 aliphatic rings. The zero-order valence-corrected chi connectivity index (χ0v) is 13.9. The Morgan fingerprint density at radius 3 is 2.00 bits per heavy atom. The molecule has 1 aliphatic carbocycles. The van der Waals surface area contributed by atoms with Gasteiger partial charge >= 0.3 is 0 Å². The molecule has 1 N–H and O–H groups in total. The number of benzene rings is 1. The van der Waals surface area contributed by atoms with Crippen LogP contribution in [0.25, 0.3) is 0 Å². The predicted octanol–water partition coefficient (Wildman–Crippen LogP) is 4.87. The molecule has 0 radical (unpaired) electrons. The lowest BCUT2D eigenvalue weighted by atomic mass is 9.48. The maximum absolute atomic E-state index is 3.43. The Hall–Kier alpha value is -0.820. The van der Waals surface area contributed by atoms with Crippen LogP contribution in [0.5, 0.6) is 0 Å². The smallest absolute Gasteiger partial charge is 0.00882 e. The van der Waals surface area contributed by atoms with Crippen LogP contribution in [-0.4, -0.2) is 13.6 Å². The summed E-state index contributed by atoms with van der Waals surface area (Å²) in [6.07, 6.45) is 5.32. The highest BCUT2D eigenvalue weighted by molar-refractivity contribution is 5.34. The molecule has 1 nitrogen and oxygen atoms in total. The molecular formula is C19H31N. The molecule has 0 atom stereocenters. The molecule has 1 aromatic carbocycles. The minimum absolute atomic E-state index is 0.371. The van der Waals surface area contributed by atoms with Crippen molar-refractivity contribution in [3.8, 4) is 0 Å². The molecule has 0 aliphatic heterocycles. The van der Waals surface area contributed by atoms with E-state index in [1.165, 1.54) is 36.8 Å². The van der Waals surface area contributed by atoms with E-state index in [-0.39, 0.29) is 0 Å². The average molecular weight is 273 g/mol. The van der Waals surface area contributed by atoms with Gasteiger partial charge in [0.1, 0.15) is 0 Å². The molecule has 0 bridgehead atoms. The molecule has 0 aromatic heterocycles. The lowest BCUT2D eigenvalue weighted by molar-refractivity contribution is 0.0140. The Balaban J connectivity index is 2.22. The standard InChI is InChI=1S/C19H31N/c1-6-18(7-2)12-19(13-18,14-20-5)17-10-8-16(9-11-17)15(3)4/h8-11,15,20H,6-7,12-14H2,1-5H3. The van der Waals surface area contributed by atoms with Crippen molar-refractivity contribution in [1.29, 1.82) is 0 Å². The fourth-order valence-corrected chi connectivity index (χ4v) is 4.13. The van der Waals surface area contributed by atoms with Crippen LogP contribution in [0.2, 0.25) is 0 Å². The summed E-state index contributed by atoms with van der Waals surface area (Å²) in [5.74, 6) is 0.621. The summed E-state index contributed by atoms with van der Waals surface area (Å²) >= 11 is 0. The van der Waals surface area contributed by atoms with Gasteiger partial charge in [-0.05, 0) is 42.3 Å². The highest BCUT2D eigenvalue weighted by atomic mass is 14.8. The van der Waals surface area contributed by atoms with Crippen LogP contribution in [0, 0.1) is 5.41 Å². The first-order valence-corrected chi connectivity index (χ1v) is 8.26. The van der Waals surface area contributed by atoms with Gasteiger partial charge in [-0.15, -0.1) is 0 Å². The van der Waals surface area contributed by atoms with E-state index >= 15 is 0 Å². The van der Waals surface area contributed by atoms with Gasteiger partial charge in [0, 0.05) is 12.0 Å². The van der Waals surface area contributed by atoms with Crippen molar-refractivity contribution in [2.75, 3.05) is 13.6 Å². The first kappa shape index (κ1) is 15.6. The van der Waals surface area contributed by atoms with Crippen LogP contribution in [0.15, 0.2) is 24.3 Å². The molecule has 0 unspecified atom stereocenters. The lowest BCUT2D eigenvalue weighted by Gasteiger charge is -2.57. The van der Waals surface area contributed by atoms with Gasteiger partial charge in [-0.2, -0.15) is 0 Å². The van der Waals surface area contributed by atoms with E-state index in [1.807, 2.05) is 0 Å². The topological polar surface area (TPSA) is 12.0 Å². The van der Waals surface area contributed by atoms with E-state index in [9.17, 15) is 0 Å². The third-order valence-electron chi connectivity index (χ3n) is 5.63. The Labute approximate surface area is 125 Å². The van der Waals surface area contributed by atoms with Crippen LogP contribution >= 0.6 is 0 Å². The maximum Gasteiger partial charge on any atom is 0.00882 e. The molecule has 0 amide bonds. The molecule has 1 saturated carbocycles. The van der Waals surface area contributed by atoms with Gasteiger partial charge in [0.25, 0.3) is 0 Å². The highest BCUT2D eigenvalue weighted by Crippen LogP contribution is 2.58. The zero-order chi connectivity index (χ0) is 14.8. The van der Waals surface area contributed by atoms with E-state index in [1.54, 1.807) is 0 Å². The molecule has 112 valence electrons. The fraction of sp³-hybridized carbons (Fsp3) is 0.684. The minimum atomic E-state index is 0.371. The summed E-state index contributed by atoms with van der Waals surface area (Å²) in [7, 11) is 2.09. The van der Waals surface area contributed by atoms with Crippen LogP contribution in [0.3, 0.4) is 0 Å². The van der Waals surface area contributed by atoms with Crippen molar-refractivity contribution in [2.45, 2.75) is 64.7 Å². The summed E-state index contributed by atoms with van der Waals surface area (Å²) in [4.78, 5) is 0. The number of likely N-dealkylation sites (N-methyl/N-ethyl adjacent to an activating group) is 1. The second-order valence-corrected chi connectivity index (χ2v) is 7.15. The van der Waals surface area contributed by atoms with Gasteiger partial charge in [-0.25, -0.2) is 0 Å². The van der Waals surface area contributed by atoms with E-state index in [4.69, 9.17) is 0 Å². The molecule has 0 heterocycles. The van der Waals surface area contributed by atoms with E-state index in [0.29, 0.717) is 16.7 Å². The molecular weight excluding hydrogens is 242 g/mol. The second kappa shape index (κ2) is 5.89. The van der Waals surface area contributed by atoms with Gasteiger partial charge in [-0.3, -0.25) is 0 Å². The van der Waals surface area contributed by atoms with Gasteiger partial charge in [-0.1, -0.05) is 64.8 Å². The van der Waals surface area contributed by atoms with Gasteiger partial charge in [0.15, 0.2) is 0 Å². The first-order valence-electron chi connectivity index (χ1n) is 8.26. The molecule has 0 spiro atoms. The van der Waals surface area contributed by atoms with Crippen molar-refractivity contribution in [2.24, 2.45) is 5.41 Å². The number of hydrogen-bond acceptors (Lipinski definition) is 1. The Morgan fingerprint density at radius 1 is 1.05 bits per heavy atom. The minimum Gasteiger partial charge on any atom is -0.319 e. The Kier molecular flexibility index (Phi) is 4.59. The third kappa shape index (κ3) is 2.65. The predicted molar refractivity (Wildman–Crippen MR) is 88.4 cm³/mol. The first-order chi connectivity index (χ1) is 9.51. The lowest BCUT2D eigenvalue weighted by Crippen LogP contribution is -2.54. The van der Waals surface area contributed by atoms with Gasteiger partial charge in [0.2, 0.25) is 0 Å². The van der Waals surface area contributed by atoms with Crippen molar-refractivity contribution in [3.63, 3.8) is 0 Å². The summed E-state index contributed by atoms with van der Waals surface area (Å²) in [5.41, 5.74) is 3.95. The molecule has 1 heteroatoms. The van der Waals surface area contributed by atoms with Crippen molar-refractivity contribution < 1.29 is 0 Å². The maximum atomic E-state index is 3.43. The number of hydrogen-bond donors (Lipinski definition) is 1. The molecule has 0 saturated heterocycles. The normalized spacial score (nSPS) is 19.9. The fourth-order valence-electron chi connectivity index (χ4n) is 4.13. The van der Waals surface area contributed by atoms with Crippen LogP contribution in [0.1, 0.15) is 70.4 Å². The molecule has 2 rings (SSSR count). The largest absolute Gasteiger partial charge is 0.319 e.